The van der Waals surface area contributed by atoms with Gasteiger partial charge < -0.3 is 14.2 Å². The number of nitrogens with zero attached hydrogens (tertiary/aromatic N) is 2. The summed E-state index contributed by atoms with van der Waals surface area (Å²) in [6, 6.07) is 3.70. The molecular formula is C19H26N2O4S. The second-order valence-electron chi connectivity index (χ2n) is 6.33. The van der Waals surface area contributed by atoms with Gasteiger partial charge in [0.05, 0.1) is 26.2 Å². The van der Waals surface area contributed by atoms with Gasteiger partial charge in [-0.2, -0.15) is 0 Å². The number of hydrogen-bond acceptors (Lipinski definition) is 6. The molecule has 6 nitrogen and oxygen atoms in total. The van der Waals surface area contributed by atoms with Crippen molar-refractivity contribution < 1.29 is 19.0 Å². The first kappa shape index (κ1) is 20.2. The highest BCUT2D eigenvalue weighted by Gasteiger charge is 2.35. The van der Waals surface area contributed by atoms with E-state index in [1.54, 1.807) is 38.4 Å². The highest BCUT2D eigenvalue weighted by molar-refractivity contribution is 8.18. The van der Waals surface area contributed by atoms with Crippen LogP contribution in [-0.2, 0) is 4.79 Å². The van der Waals surface area contributed by atoms with Crippen molar-refractivity contribution >= 4 is 28.9 Å². The van der Waals surface area contributed by atoms with Gasteiger partial charge in [0.2, 0.25) is 0 Å². The van der Waals surface area contributed by atoms with Crippen molar-refractivity contribution in [3.63, 3.8) is 0 Å². The molecule has 0 atom stereocenters. The van der Waals surface area contributed by atoms with Crippen LogP contribution in [-0.4, -0.2) is 49.4 Å². The number of ether oxygens (including phenoxy) is 3. The number of amides is 1. The first-order valence-corrected chi connectivity index (χ1v) is 9.24. The van der Waals surface area contributed by atoms with Crippen molar-refractivity contribution in [2.75, 3.05) is 21.3 Å². The van der Waals surface area contributed by atoms with Crippen molar-refractivity contribution in [1.29, 1.82) is 0 Å². The zero-order chi connectivity index (χ0) is 19.4. The number of amidine groups is 1. The fourth-order valence-corrected chi connectivity index (χ4v) is 3.78. The van der Waals surface area contributed by atoms with Gasteiger partial charge in [-0.25, -0.2) is 0 Å². The van der Waals surface area contributed by atoms with E-state index in [-0.39, 0.29) is 18.0 Å². The average molecular weight is 378 g/mol. The lowest BCUT2D eigenvalue weighted by atomic mass is 10.1. The molecule has 0 radical (unpaired) electrons. The summed E-state index contributed by atoms with van der Waals surface area (Å²) < 4.78 is 16.1. The lowest BCUT2D eigenvalue weighted by molar-refractivity contribution is -0.123. The number of benzene rings is 1. The van der Waals surface area contributed by atoms with Crippen LogP contribution >= 0.6 is 11.8 Å². The number of rotatable bonds is 6. The van der Waals surface area contributed by atoms with Crippen LogP contribution in [0.3, 0.4) is 0 Å². The number of carbonyl (C=O) groups is 1. The van der Waals surface area contributed by atoms with Crippen molar-refractivity contribution in [3.8, 4) is 17.2 Å². The molecule has 1 fully saturated rings. The third-order valence-electron chi connectivity index (χ3n) is 3.74. The third kappa shape index (κ3) is 4.15. The molecule has 0 aromatic heterocycles. The van der Waals surface area contributed by atoms with Gasteiger partial charge in [-0.05, 0) is 51.6 Å². The second kappa shape index (κ2) is 8.49. The summed E-state index contributed by atoms with van der Waals surface area (Å²) in [5.74, 6) is 1.70. The number of thioether (sulfide) groups is 1. The molecule has 1 aromatic rings. The fourth-order valence-electron chi connectivity index (χ4n) is 2.56. The summed E-state index contributed by atoms with van der Waals surface area (Å²) in [6.07, 6.45) is 1.81. The molecule has 1 aromatic carbocycles. The van der Waals surface area contributed by atoms with Gasteiger partial charge in [-0.15, -0.1) is 0 Å². The Kier molecular flexibility index (Phi) is 6.58. The maximum absolute atomic E-state index is 12.9. The smallest absolute Gasteiger partial charge is 0.266 e. The minimum absolute atomic E-state index is 0.0331. The van der Waals surface area contributed by atoms with E-state index in [4.69, 9.17) is 14.2 Å². The molecule has 1 amide bonds. The van der Waals surface area contributed by atoms with E-state index >= 15 is 0 Å². The molecule has 26 heavy (non-hydrogen) atoms. The summed E-state index contributed by atoms with van der Waals surface area (Å²) in [7, 11) is 4.73. The predicted molar refractivity (Wildman–Crippen MR) is 106 cm³/mol. The molecule has 1 heterocycles. The normalized spacial score (nSPS) is 17.7. The summed E-state index contributed by atoms with van der Waals surface area (Å²) in [5.41, 5.74) is 0.746. The molecule has 0 saturated carbocycles. The lowest BCUT2D eigenvalue weighted by Crippen LogP contribution is -2.35. The Hall–Kier alpha value is -2.15. The van der Waals surface area contributed by atoms with Gasteiger partial charge in [-0.3, -0.25) is 14.7 Å². The van der Waals surface area contributed by atoms with E-state index in [9.17, 15) is 4.79 Å². The summed E-state index contributed by atoms with van der Waals surface area (Å²) >= 11 is 1.38. The molecule has 2 rings (SSSR count). The molecule has 1 aliphatic heterocycles. The number of carbonyl (C=O) groups excluding carboxylic acids is 1. The lowest BCUT2D eigenvalue weighted by Gasteiger charge is -2.20. The van der Waals surface area contributed by atoms with Gasteiger partial charge in [0.25, 0.3) is 5.91 Å². The topological polar surface area (TPSA) is 60.4 Å². The first-order chi connectivity index (χ1) is 12.3. The standard InChI is InChI=1S/C19H26N2O4S/c1-11(2)20-19-21(12(3)4)18(22)17(26-19)9-13-8-15(24-6)16(25-7)10-14(13)23-5/h8-12H,1-7H3/b17-9+,20-19?. The monoisotopic (exact) mass is 378 g/mol. The fraction of sp³-hybridized carbons (Fsp3) is 0.474. The maximum atomic E-state index is 12.9. The highest BCUT2D eigenvalue weighted by atomic mass is 32.2. The zero-order valence-corrected chi connectivity index (χ0v) is 17.1. The number of methoxy groups -OCH3 is 3. The van der Waals surface area contributed by atoms with Crippen LogP contribution in [0.4, 0.5) is 0 Å². The molecule has 142 valence electrons. The van der Waals surface area contributed by atoms with Crippen LogP contribution in [0.25, 0.3) is 6.08 Å². The molecule has 0 aliphatic carbocycles. The van der Waals surface area contributed by atoms with E-state index in [1.807, 2.05) is 33.8 Å². The summed E-state index contributed by atoms with van der Waals surface area (Å²) in [5, 5.41) is 0.727. The van der Waals surface area contributed by atoms with Gasteiger partial charge in [0.15, 0.2) is 16.7 Å². The summed E-state index contributed by atoms with van der Waals surface area (Å²) in [6.45, 7) is 7.95. The van der Waals surface area contributed by atoms with Crippen molar-refractivity contribution in [1.82, 2.24) is 4.90 Å². The molecular weight excluding hydrogens is 352 g/mol. The van der Waals surface area contributed by atoms with Crippen LogP contribution in [0.1, 0.15) is 33.3 Å². The predicted octanol–water partition coefficient (Wildman–Crippen LogP) is 3.80. The Morgan fingerprint density at radius 1 is 1.00 bits per heavy atom. The van der Waals surface area contributed by atoms with Crippen molar-refractivity contribution in [3.05, 3.63) is 22.6 Å². The quantitative estimate of drug-likeness (QED) is 0.705. The average Bonchev–Trinajstić information content (AvgIpc) is 2.88. The summed E-state index contributed by atoms with van der Waals surface area (Å²) in [4.78, 5) is 19.8. The van der Waals surface area contributed by atoms with Crippen molar-refractivity contribution in [2.24, 2.45) is 4.99 Å². The van der Waals surface area contributed by atoms with E-state index in [0.29, 0.717) is 22.2 Å². The maximum Gasteiger partial charge on any atom is 0.266 e. The molecule has 1 aliphatic rings. The molecule has 0 unspecified atom stereocenters. The molecule has 0 bridgehead atoms. The number of aliphatic imine (C=N–C) groups is 1. The van der Waals surface area contributed by atoms with E-state index in [1.165, 1.54) is 11.8 Å². The Balaban J connectivity index is 2.51. The Morgan fingerprint density at radius 3 is 2.08 bits per heavy atom. The minimum atomic E-state index is -0.0544. The largest absolute Gasteiger partial charge is 0.496 e. The van der Waals surface area contributed by atoms with Crippen molar-refractivity contribution in [2.45, 2.75) is 39.8 Å². The second-order valence-corrected chi connectivity index (χ2v) is 7.34. The van der Waals surface area contributed by atoms with Gasteiger partial charge in [0, 0.05) is 23.7 Å². The Labute approximate surface area is 159 Å². The Bertz CT molecular complexity index is 741. The minimum Gasteiger partial charge on any atom is -0.496 e. The van der Waals surface area contributed by atoms with Crippen LogP contribution in [0.5, 0.6) is 17.2 Å². The first-order valence-electron chi connectivity index (χ1n) is 8.43. The van der Waals surface area contributed by atoms with Crippen LogP contribution in [0.15, 0.2) is 22.0 Å². The van der Waals surface area contributed by atoms with Gasteiger partial charge in [-0.1, -0.05) is 0 Å². The van der Waals surface area contributed by atoms with Crippen LogP contribution < -0.4 is 14.2 Å². The SMILES string of the molecule is COc1cc(OC)c(OC)cc1/C=C1/SC(=NC(C)C)N(C(C)C)C1=O. The third-order valence-corrected chi connectivity index (χ3v) is 4.74. The molecule has 1 saturated heterocycles. The van der Waals surface area contributed by atoms with Gasteiger partial charge >= 0.3 is 0 Å². The van der Waals surface area contributed by atoms with E-state index < -0.39 is 0 Å². The van der Waals surface area contributed by atoms with E-state index in [0.717, 1.165) is 10.7 Å². The molecule has 0 N–H and O–H groups in total. The van der Waals surface area contributed by atoms with Crippen LogP contribution in [0.2, 0.25) is 0 Å². The zero-order valence-electron chi connectivity index (χ0n) is 16.3. The Morgan fingerprint density at radius 2 is 1.58 bits per heavy atom. The molecule has 0 spiro atoms. The van der Waals surface area contributed by atoms with Gasteiger partial charge in [0.1, 0.15) is 5.75 Å². The molecule has 7 heteroatoms. The van der Waals surface area contributed by atoms with Crippen LogP contribution in [0, 0.1) is 0 Å². The number of hydrogen-bond donors (Lipinski definition) is 0. The highest BCUT2D eigenvalue weighted by Crippen LogP contribution is 2.39. The van der Waals surface area contributed by atoms with E-state index in [2.05, 4.69) is 4.99 Å².